The first-order valence-electron chi connectivity index (χ1n) is 5.27. The van der Waals surface area contributed by atoms with E-state index in [1.807, 2.05) is 24.3 Å². The monoisotopic (exact) mass is 266 g/mol. The normalized spacial score (nSPS) is 10.2. The molecule has 0 unspecified atom stereocenters. The summed E-state index contributed by atoms with van der Waals surface area (Å²) in [5, 5.41) is 18.6. The number of hydrogen-bond acceptors (Lipinski definition) is 6. The minimum atomic E-state index is 0.0984. The van der Waals surface area contributed by atoms with E-state index in [0.717, 1.165) is 10.2 Å². The van der Waals surface area contributed by atoms with Crippen LogP contribution in [0.15, 0.2) is 24.5 Å². The molecule has 0 amide bonds. The second-order valence-electron chi connectivity index (χ2n) is 3.76. The van der Waals surface area contributed by atoms with Crippen molar-refractivity contribution in [2.24, 2.45) is 0 Å². The summed E-state index contributed by atoms with van der Waals surface area (Å²) in [6, 6.07) is 9.26. The number of imidazole rings is 1. The highest BCUT2D eigenvalue weighted by atomic mass is 32.1. The Morgan fingerprint density at radius 1 is 1.26 bits per heavy atom. The number of nitrogens with two attached hydrogens (primary N) is 1. The van der Waals surface area contributed by atoms with E-state index in [9.17, 15) is 0 Å². The minimum absolute atomic E-state index is 0.0984. The maximum atomic E-state index is 9.09. The Morgan fingerprint density at radius 2 is 2.11 bits per heavy atom. The topological polar surface area (TPSA) is 104 Å². The lowest BCUT2D eigenvalue weighted by Gasteiger charge is -1.95. The lowest BCUT2D eigenvalue weighted by molar-refractivity contribution is 1.02. The molecular weight excluding hydrogens is 260 g/mol. The predicted octanol–water partition coefficient (Wildman–Crippen LogP) is 1.81. The summed E-state index contributed by atoms with van der Waals surface area (Å²) in [4.78, 5) is 8.30. The number of nitrogens with zero attached hydrogens (tertiary/aromatic N) is 5. The fraction of sp³-hybridized carbons (Fsp3) is 0. The van der Waals surface area contributed by atoms with Gasteiger partial charge in [0.25, 0.3) is 0 Å². The van der Waals surface area contributed by atoms with E-state index in [-0.39, 0.29) is 11.4 Å². The summed E-state index contributed by atoms with van der Waals surface area (Å²) < 4.78 is 2.44. The first-order valence-corrected chi connectivity index (χ1v) is 6.08. The van der Waals surface area contributed by atoms with Crippen LogP contribution in [0, 0.1) is 22.7 Å². The molecule has 2 aromatic heterocycles. The lowest BCUT2D eigenvalue weighted by Crippen LogP contribution is -1.95. The minimum Gasteiger partial charge on any atom is -0.399 e. The third kappa shape index (κ3) is 1.69. The zero-order valence-electron chi connectivity index (χ0n) is 9.53. The third-order valence-corrected chi connectivity index (χ3v) is 3.60. The van der Waals surface area contributed by atoms with Crippen molar-refractivity contribution < 1.29 is 0 Å². The third-order valence-electron chi connectivity index (χ3n) is 2.59. The van der Waals surface area contributed by atoms with Crippen LogP contribution in [0.25, 0.3) is 15.3 Å². The molecule has 0 fully saturated rings. The van der Waals surface area contributed by atoms with Crippen LogP contribution in [0.3, 0.4) is 0 Å². The van der Waals surface area contributed by atoms with E-state index >= 15 is 0 Å². The SMILES string of the molecule is N#Cc1ncn(-c2nc3ccc(N)cc3s2)c1C#N. The Bertz CT molecular complexity index is 861. The van der Waals surface area contributed by atoms with Crippen LogP contribution < -0.4 is 5.73 Å². The predicted molar refractivity (Wildman–Crippen MR) is 70.6 cm³/mol. The first-order chi connectivity index (χ1) is 9.22. The number of anilines is 1. The summed E-state index contributed by atoms with van der Waals surface area (Å²) in [7, 11) is 0. The number of aromatic nitrogens is 3. The Hall–Kier alpha value is -2.90. The molecule has 0 aliphatic rings. The van der Waals surface area contributed by atoms with Crippen LogP contribution in [-0.4, -0.2) is 14.5 Å². The molecule has 3 aromatic rings. The average molecular weight is 266 g/mol. The molecule has 1 aromatic carbocycles. The molecule has 90 valence electrons. The van der Waals surface area contributed by atoms with Crippen molar-refractivity contribution in [3.8, 4) is 17.3 Å². The highest BCUT2D eigenvalue weighted by Gasteiger charge is 2.14. The zero-order valence-corrected chi connectivity index (χ0v) is 10.3. The molecule has 7 heteroatoms. The van der Waals surface area contributed by atoms with Gasteiger partial charge in [0.1, 0.15) is 18.5 Å². The highest BCUT2D eigenvalue weighted by molar-refractivity contribution is 7.20. The number of fused-ring (bicyclic) bond motifs is 1. The Balaban J connectivity index is 2.23. The van der Waals surface area contributed by atoms with Crippen LogP contribution in [-0.2, 0) is 0 Å². The van der Waals surface area contributed by atoms with E-state index in [2.05, 4.69) is 9.97 Å². The molecule has 19 heavy (non-hydrogen) atoms. The largest absolute Gasteiger partial charge is 0.399 e. The Labute approximate surface area is 112 Å². The average Bonchev–Trinajstić information content (AvgIpc) is 3.00. The number of hydrogen-bond donors (Lipinski definition) is 1. The smallest absolute Gasteiger partial charge is 0.197 e. The van der Waals surface area contributed by atoms with Gasteiger partial charge in [0.15, 0.2) is 16.5 Å². The van der Waals surface area contributed by atoms with Gasteiger partial charge in [-0.2, -0.15) is 10.5 Å². The van der Waals surface area contributed by atoms with E-state index in [1.165, 1.54) is 22.2 Å². The van der Waals surface area contributed by atoms with Crippen molar-refractivity contribution >= 4 is 27.2 Å². The summed E-state index contributed by atoms with van der Waals surface area (Å²) in [5.74, 6) is 0. The van der Waals surface area contributed by atoms with Gasteiger partial charge in [0.05, 0.1) is 10.2 Å². The van der Waals surface area contributed by atoms with E-state index in [0.29, 0.717) is 10.8 Å². The molecule has 2 heterocycles. The van der Waals surface area contributed by atoms with E-state index < -0.39 is 0 Å². The van der Waals surface area contributed by atoms with Gasteiger partial charge in [-0.15, -0.1) is 0 Å². The molecule has 0 atom stereocenters. The van der Waals surface area contributed by atoms with Crippen LogP contribution in [0.1, 0.15) is 11.4 Å². The van der Waals surface area contributed by atoms with Gasteiger partial charge < -0.3 is 5.73 Å². The number of rotatable bonds is 1. The molecule has 0 radical (unpaired) electrons. The van der Waals surface area contributed by atoms with Crippen LogP contribution in [0.2, 0.25) is 0 Å². The molecule has 0 saturated heterocycles. The fourth-order valence-electron chi connectivity index (χ4n) is 1.71. The van der Waals surface area contributed by atoms with Crippen LogP contribution >= 0.6 is 11.3 Å². The van der Waals surface area contributed by atoms with Gasteiger partial charge in [-0.3, -0.25) is 4.57 Å². The maximum absolute atomic E-state index is 9.09. The van der Waals surface area contributed by atoms with Gasteiger partial charge in [-0.1, -0.05) is 11.3 Å². The van der Waals surface area contributed by atoms with Gasteiger partial charge in [-0.05, 0) is 18.2 Å². The van der Waals surface area contributed by atoms with Crippen molar-refractivity contribution in [1.29, 1.82) is 10.5 Å². The molecule has 3 rings (SSSR count). The second-order valence-corrected chi connectivity index (χ2v) is 4.77. The summed E-state index contributed by atoms with van der Waals surface area (Å²) in [6.07, 6.45) is 1.43. The van der Waals surface area contributed by atoms with Gasteiger partial charge >= 0.3 is 0 Å². The summed E-state index contributed by atoms with van der Waals surface area (Å²) >= 11 is 1.39. The lowest BCUT2D eigenvalue weighted by atomic mass is 10.3. The number of nitriles is 2. The number of nitrogen functional groups attached to an aromatic ring is 1. The fourth-order valence-corrected chi connectivity index (χ4v) is 2.70. The quantitative estimate of drug-likeness (QED) is 0.676. The second kappa shape index (κ2) is 4.09. The van der Waals surface area contributed by atoms with Crippen molar-refractivity contribution in [1.82, 2.24) is 14.5 Å². The Morgan fingerprint density at radius 3 is 2.84 bits per heavy atom. The number of thiazole rings is 1. The van der Waals surface area contributed by atoms with E-state index in [1.54, 1.807) is 6.07 Å². The molecule has 0 bridgehead atoms. The summed E-state index contributed by atoms with van der Waals surface area (Å²) in [5.41, 5.74) is 7.46. The number of benzene rings is 1. The van der Waals surface area contributed by atoms with Gasteiger partial charge in [0.2, 0.25) is 0 Å². The summed E-state index contributed by atoms with van der Waals surface area (Å²) in [6.45, 7) is 0. The van der Waals surface area contributed by atoms with Gasteiger partial charge in [-0.25, -0.2) is 9.97 Å². The van der Waals surface area contributed by atoms with Crippen molar-refractivity contribution in [3.63, 3.8) is 0 Å². The first kappa shape index (κ1) is 11.2. The highest BCUT2D eigenvalue weighted by Crippen LogP contribution is 2.27. The zero-order chi connectivity index (χ0) is 13.4. The molecule has 0 aliphatic carbocycles. The molecule has 0 spiro atoms. The molecule has 6 nitrogen and oxygen atoms in total. The maximum Gasteiger partial charge on any atom is 0.197 e. The Kier molecular flexibility index (Phi) is 2.41. The molecule has 0 aliphatic heterocycles. The van der Waals surface area contributed by atoms with Crippen LogP contribution in [0.5, 0.6) is 0 Å². The molecule has 0 saturated carbocycles. The van der Waals surface area contributed by atoms with Crippen molar-refractivity contribution in [2.75, 3.05) is 5.73 Å². The van der Waals surface area contributed by atoms with Crippen molar-refractivity contribution in [3.05, 3.63) is 35.9 Å². The van der Waals surface area contributed by atoms with Crippen LogP contribution in [0.4, 0.5) is 5.69 Å². The standard InChI is InChI=1S/C12H6N6S/c13-4-9-10(5-14)18(6-16-9)12-17-8-2-1-7(15)3-11(8)19-12/h1-3,6H,15H2. The van der Waals surface area contributed by atoms with Crippen molar-refractivity contribution in [2.45, 2.75) is 0 Å². The van der Waals surface area contributed by atoms with Gasteiger partial charge in [0, 0.05) is 5.69 Å². The van der Waals surface area contributed by atoms with E-state index in [4.69, 9.17) is 16.3 Å². The molecular formula is C12H6N6S. The molecule has 2 N–H and O–H groups in total.